The highest BCUT2D eigenvalue weighted by atomic mass is 32.3. The minimum Gasteiger partial charge on any atom is -0.443 e. The number of nitrogens with zero attached hydrogens (tertiary/aromatic N) is 1. The molecule has 0 aliphatic carbocycles. The molecule has 7 heteroatoms. The van der Waals surface area contributed by atoms with Crippen LogP contribution in [0.25, 0.3) is 0 Å². The lowest BCUT2D eigenvalue weighted by atomic mass is 10.2. The molecule has 0 fully saturated rings. The lowest BCUT2D eigenvalue weighted by Gasteiger charge is -2.24. The molecule has 5 nitrogen and oxygen atoms in total. The summed E-state index contributed by atoms with van der Waals surface area (Å²) in [4.78, 5) is 12.4. The van der Waals surface area contributed by atoms with Gasteiger partial charge in [-0.2, -0.15) is 8.42 Å². The van der Waals surface area contributed by atoms with Crippen molar-refractivity contribution in [2.45, 2.75) is 31.3 Å². The summed E-state index contributed by atoms with van der Waals surface area (Å²) in [5, 5.41) is 0. The third-order valence-electron chi connectivity index (χ3n) is 2.15. The lowest BCUT2D eigenvalue weighted by molar-refractivity contribution is 0.0589. The van der Waals surface area contributed by atoms with Gasteiger partial charge < -0.3 is 4.74 Å². The molecule has 0 atom stereocenters. The first-order valence-corrected chi connectivity index (χ1v) is 6.90. The quantitative estimate of drug-likeness (QED) is 0.785. The molecule has 1 aromatic rings. The maximum Gasteiger partial charge on any atom is 0.414 e. The van der Waals surface area contributed by atoms with Gasteiger partial charge in [0.25, 0.3) is 0 Å². The number of anilines is 1. The van der Waals surface area contributed by atoms with Crippen molar-refractivity contribution in [2.75, 3.05) is 11.9 Å². The Labute approximate surface area is 112 Å². The average molecular weight is 289 g/mol. The standard InChI is InChI=1S/C12H16FNO4S/c1-12(2,3)18-11(15)14(4)9-6-5-7-10(8-9)19(13,16)17/h5-8H,1-4H3. The number of benzene rings is 1. The van der Waals surface area contributed by atoms with E-state index in [1.54, 1.807) is 20.8 Å². The molecule has 0 heterocycles. The van der Waals surface area contributed by atoms with Gasteiger partial charge >= 0.3 is 16.3 Å². The molecule has 0 spiro atoms. The van der Waals surface area contributed by atoms with Gasteiger partial charge in [0.15, 0.2) is 0 Å². The van der Waals surface area contributed by atoms with E-state index in [1.807, 2.05) is 0 Å². The minimum absolute atomic E-state index is 0.230. The van der Waals surface area contributed by atoms with Gasteiger partial charge in [0, 0.05) is 12.7 Å². The minimum atomic E-state index is -4.80. The SMILES string of the molecule is CN(C(=O)OC(C)(C)C)c1cccc(S(=O)(=O)F)c1. The Balaban J connectivity index is 3.01. The molecule has 0 N–H and O–H groups in total. The van der Waals surface area contributed by atoms with E-state index in [1.165, 1.54) is 19.2 Å². The maximum absolute atomic E-state index is 12.9. The van der Waals surface area contributed by atoms with Crippen LogP contribution in [0.3, 0.4) is 0 Å². The van der Waals surface area contributed by atoms with Gasteiger partial charge in [0.2, 0.25) is 0 Å². The van der Waals surface area contributed by atoms with E-state index in [9.17, 15) is 17.1 Å². The molecular weight excluding hydrogens is 273 g/mol. The number of halogens is 1. The van der Waals surface area contributed by atoms with Crippen LogP contribution < -0.4 is 4.90 Å². The molecule has 106 valence electrons. The first-order valence-electron chi connectivity index (χ1n) is 5.52. The van der Waals surface area contributed by atoms with Crippen LogP contribution in [0.2, 0.25) is 0 Å². The second kappa shape index (κ2) is 5.16. The molecule has 0 saturated carbocycles. The van der Waals surface area contributed by atoms with Crippen molar-refractivity contribution < 1.29 is 21.8 Å². The molecule has 0 radical (unpaired) electrons. The van der Waals surface area contributed by atoms with E-state index in [0.29, 0.717) is 0 Å². The van der Waals surface area contributed by atoms with Crippen molar-refractivity contribution in [2.24, 2.45) is 0 Å². The fraction of sp³-hybridized carbons (Fsp3) is 0.417. The molecule has 1 amide bonds. The number of amides is 1. The third kappa shape index (κ3) is 4.51. The fourth-order valence-corrected chi connectivity index (χ4v) is 1.78. The van der Waals surface area contributed by atoms with Crippen LogP contribution in [0.15, 0.2) is 29.2 Å². The van der Waals surface area contributed by atoms with E-state index in [0.717, 1.165) is 17.0 Å². The molecule has 1 aromatic carbocycles. The summed E-state index contributed by atoms with van der Waals surface area (Å²) in [6.07, 6.45) is -0.652. The highest BCUT2D eigenvalue weighted by molar-refractivity contribution is 7.86. The van der Waals surface area contributed by atoms with Gasteiger partial charge in [-0.1, -0.05) is 6.07 Å². The maximum atomic E-state index is 12.9. The summed E-state index contributed by atoms with van der Waals surface area (Å²) in [5.74, 6) is 0. The molecule has 1 rings (SSSR count). The van der Waals surface area contributed by atoms with Gasteiger partial charge in [-0.25, -0.2) is 4.79 Å². The van der Waals surface area contributed by atoms with Gasteiger partial charge in [-0.15, -0.1) is 3.89 Å². The second-order valence-electron chi connectivity index (χ2n) is 4.97. The first kappa shape index (κ1) is 15.4. The summed E-state index contributed by atoms with van der Waals surface area (Å²) in [6.45, 7) is 5.13. The van der Waals surface area contributed by atoms with Crippen molar-refractivity contribution in [3.05, 3.63) is 24.3 Å². The third-order valence-corrected chi connectivity index (χ3v) is 2.97. The Morgan fingerprint density at radius 2 is 1.89 bits per heavy atom. The molecule has 19 heavy (non-hydrogen) atoms. The van der Waals surface area contributed by atoms with Crippen molar-refractivity contribution in [1.29, 1.82) is 0 Å². The van der Waals surface area contributed by atoms with Crippen LogP contribution in [-0.4, -0.2) is 27.2 Å². The Hall–Kier alpha value is -1.63. The summed E-state index contributed by atoms with van der Waals surface area (Å²) in [6, 6.07) is 5.02. The number of ether oxygens (including phenoxy) is 1. The van der Waals surface area contributed by atoms with Crippen LogP contribution in [0.5, 0.6) is 0 Å². The topological polar surface area (TPSA) is 63.7 Å². The van der Waals surface area contributed by atoms with Gasteiger partial charge in [-0.05, 0) is 39.0 Å². The zero-order valence-electron chi connectivity index (χ0n) is 11.2. The lowest BCUT2D eigenvalue weighted by Crippen LogP contribution is -2.34. The smallest absolute Gasteiger partial charge is 0.414 e. The molecule has 0 aromatic heterocycles. The van der Waals surface area contributed by atoms with Crippen molar-refractivity contribution in [1.82, 2.24) is 0 Å². The first-order chi connectivity index (χ1) is 8.50. The normalized spacial score (nSPS) is 12.1. The fourth-order valence-electron chi connectivity index (χ4n) is 1.28. The predicted octanol–water partition coefficient (Wildman–Crippen LogP) is 2.72. The molecule has 0 aliphatic rings. The monoisotopic (exact) mass is 289 g/mol. The summed E-state index contributed by atoms with van der Waals surface area (Å²) >= 11 is 0. The number of carbonyl (C=O) groups is 1. The molecule has 0 unspecified atom stereocenters. The second-order valence-corrected chi connectivity index (χ2v) is 6.32. The van der Waals surface area contributed by atoms with Crippen molar-refractivity contribution in [3.8, 4) is 0 Å². The highest BCUT2D eigenvalue weighted by Gasteiger charge is 2.21. The molecule has 0 bridgehead atoms. The van der Waals surface area contributed by atoms with Gasteiger partial charge in [0.1, 0.15) is 10.5 Å². The predicted molar refractivity (Wildman–Crippen MR) is 69.4 cm³/mol. The van der Waals surface area contributed by atoms with Crippen LogP contribution in [0, 0.1) is 0 Å². The van der Waals surface area contributed by atoms with E-state index in [2.05, 4.69) is 0 Å². The summed E-state index contributed by atoms with van der Waals surface area (Å²) in [5.41, 5.74) is -0.442. The van der Waals surface area contributed by atoms with Crippen LogP contribution in [0.4, 0.5) is 14.4 Å². The van der Waals surface area contributed by atoms with Crippen LogP contribution in [-0.2, 0) is 15.0 Å². The van der Waals surface area contributed by atoms with Crippen LogP contribution in [0.1, 0.15) is 20.8 Å². The van der Waals surface area contributed by atoms with Crippen molar-refractivity contribution >= 4 is 22.0 Å². The Kier molecular flexibility index (Phi) is 4.19. The van der Waals surface area contributed by atoms with Crippen molar-refractivity contribution in [3.63, 3.8) is 0 Å². The van der Waals surface area contributed by atoms with Crippen LogP contribution >= 0.6 is 0 Å². The van der Waals surface area contributed by atoms with E-state index in [-0.39, 0.29) is 5.69 Å². The number of rotatable bonds is 2. The van der Waals surface area contributed by atoms with Gasteiger partial charge in [0.05, 0.1) is 0 Å². The molecular formula is C12H16FNO4S. The zero-order valence-corrected chi connectivity index (χ0v) is 12.0. The van der Waals surface area contributed by atoms with E-state index in [4.69, 9.17) is 4.74 Å². The molecule has 0 aliphatic heterocycles. The Morgan fingerprint density at radius 3 is 2.37 bits per heavy atom. The van der Waals surface area contributed by atoms with E-state index < -0.39 is 26.8 Å². The van der Waals surface area contributed by atoms with E-state index >= 15 is 0 Å². The largest absolute Gasteiger partial charge is 0.443 e. The average Bonchev–Trinajstić information content (AvgIpc) is 2.24. The Morgan fingerprint density at radius 1 is 1.32 bits per heavy atom. The Bertz CT molecular complexity index is 578. The number of hydrogen-bond donors (Lipinski definition) is 0. The number of carbonyl (C=O) groups excluding carboxylic acids is 1. The highest BCUT2D eigenvalue weighted by Crippen LogP contribution is 2.21. The number of hydrogen-bond acceptors (Lipinski definition) is 4. The molecule has 0 saturated heterocycles. The summed E-state index contributed by atoms with van der Waals surface area (Å²) in [7, 11) is -3.38. The van der Waals surface area contributed by atoms with Gasteiger partial charge in [-0.3, -0.25) is 4.90 Å². The summed E-state index contributed by atoms with van der Waals surface area (Å²) < 4.78 is 39.6. The zero-order chi connectivity index (χ0) is 14.8.